The Morgan fingerprint density at radius 3 is 2.42 bits per heavy atom. The van der Waals surface area contributed by atoms with Gasteiger partial charge in [0.2, 0.25) is 0 Å². The SMILES string of the molecule is Cc1cccc(N=C/C=C/Nc2cccc(C)c2)c1. The molecule has 0 fully saturated rings. The molecular weight excluding hydrogens is 232 g/mol. The highest BCUT2D eigenvalue weighted by molar-refractivity contribution is 5.75. The Balaban J connectivity index is 1.90. The van der Waals surface area contributed by atoms with Crippen molar-refractivity contribution in [3.8, 4) is 0 Å². The van der Waals surface area contributed by atoms with E-state index in [4.69, 9.17) is 0 Å². The summed E-state index contributed by atoms with van der Waals surface area (Å²) in [5.41, 5.74) is 4.52. The van der Waals surface area contributed by atoms with Crippen LogP contribution in [0.25, 0.3) is 0 Å². The van der Waals surface area contributed by atoms with Crippen LogP contribution in [0.1, 0.15) is 11.1 Å². The molecule has 0 aliphatic heterocycles. The summed E-state index contributed by atoms with van der Waals surface area (Å²) in [4.78, 5) is 4.36. The molecule has 1 N–H and O–H groups in total. The minimum Gasteiger partial charge on any atom is -0.362 e. The Morgan fingerprint density at radius 1 is 0.947 bits per heavy atom. The van der Waals surface area contributed by atoms with E-state index in [0.29, 0.717) is 0 Å². The molecule has 2 nitrogen and oxygen atoms in total. The molecule has 0 heterocycles. The Hall–Kier alpha value is -2.35. The third-order valence-corrected chi connectivity index (χ3v) is 2.68. The van der Waals surface area contributed by atoms with E-state index in [1.54, 1.807) is 6.21 Å². The van der Waals surface area contributed by atoms with Gasteiger partial charge < -0.3 is 5.32 Å². The van der Waals surface area contributed by atoms with Crippen molar-refractivity contribution in [1.82, 2.24) is 0 Å². The Kier molecular flexibility index (Phi) is 4.51. The van der Waals surface area contributed by atoms with E-state index in [0.717, 1.165) is 11.4 Å². The summed E-state index contributed by atoms with van der Waals surface area (Å²) in [6.45, 7) is 4.14. The maximum Gasteiger partial charge on any atom is 0.0632 e. The fraction of sp³-hybridized carbons (Fsp3) is 0.118. The van der Waals surface area contributed by atoms with Gasteiger partial charge in [0.25, 0.3) is 0 Å². The molecule has 0 aliphatic rings. The number of nitrogens with zero attached hydrogens (tertiary/aromatic N) is 1. The second-order valence-corrected chi connectivity index (χ2v) is 4.49. The van der Waals surface area contributed by atoms with E-state index in [1.165, 1.54) is 11.1 Å². The highest BCUT2D eigenvalue weighted by Crippen LogP contribution is 2.12. The van der Waals surface area contributed by atoms with Gasteiger partial charge in [0.15, 0.2) is 0 Å². The van der Waals surface area contributed by atoms with Gasteiger partial charge in [-0.1, -0.05) is 24.3 Å². The van der Waals surface area contributed by atoms with E-state index >= 15 is 0 Å². The standard InChI is InChI=1S/C17H18N2/c1-14-6-3-8-16(12-14)18-10-5-11-19-17-9-4-7-15(2)13-17/h3-13,18H,1-2H3/b10-5+,19-11?. The van der Waals surface area contributed by atoms with Crippen molar-refractivity contribution < 1.29 is 0 Å². The predicted octanol–water partition coefficient (Wildman–Crippen LogP) is 4.63. The van der Waals surface area contributed by atoms with Crippen LogP contribution in [0.3, 0.4) is 0 Å². The molecule has 2 heteroatoms. The minimum atomic E-state index is 0.972. The average Bonchev–Trinajstić information content (AvgIpc) is 2.38. The molecule has 0 amide bonds. The first kappa shape index (κ1) is 13.1. The van der Waals surface area contributed by atoms with Crippen molar-refractivity contribution in [2.75, 3.05) is 5.32 Å². The lowest BCUT2D eigenvalue weighted by Crippen LogP contribution is -1.87. The second kappa shape index (κ2) is 6.55. The van der Waals surface area contributed by atoms with Crippen molar-refractivity contribution in [2.45, 2.75) is 13.8 Å². The first-order chi connectivity index (χ1) is 9.24. The summed E-state index contributed by atoms with van der Waals surface area (Å²) in [7, 11) is 0. The first-order valence-electron chi connectivity index (χ1n) is 6.33. The summed E-state index contributed by atoms with van der Waals surface area (Å²) in [5, 5.41) is 3.21. The maximum absolute atomic E-state index is 4.36. The molecule has 0 bridgehead atoms. The number of rotatable bonds is 4. The maximum atomic E-state index is 4.36. The van der Waals surface area contributed by atoms with Gasteiger partial charge in [-0.2, -0.15) is 0 Å². The van der Waals surface area contributed by atoms with Gasteiger partial charge in [0.1, 0.15) is 0 Å². The number of aliphatic imine (C=N–C) groups is 1. The van der Waals surface area contributed by atoms with Gasteiger partial charge in [0, 0.05) is 18.1 Å². The van der Waals surface area contributed by atoms with Crippen LogP contribution < -0.4 is 5.32 Å². The van der Waals surface area contributed by atoms with Crippen LogP contribution in [0.15, 0.2) is 65.8 Å². The van der Waals surface area contributed by atoms with Crippen LogP contribution in [0.5, 0.6) is 0 Å². The second-order valence-electron chi connectivity index (χ2n) is 4.49. The molecule has 2 aromatic rings. The highest BCUT2D eigenvalue weighted by atomic mass is 14.8. The molecule has 0 atom stereocenters. The van der Waals surface area contributed by atoms with Gasteiger partial charge in [-0.05, 0) is 55.3 Å². The van der Waals surface area contributed by atoms with E-state index in [2.05, 4.69) is 48.4 Å². The number of nitrogens with one attached hydrogen (secondary N) is 1. The van der Waals surface area contributed by atoms with Crippen molar-refractivity contribution >= 4 is 17.6 Å². The van der Waals surface area contributed by atoms with Crippen LogP contribution in [-0.2, 0) is 0 Å². The normalized spacial score (nSPS) is 11.3. The van der Waals surface area contributed by atoms with E-state index in [-0.39, 0.29) is 0 Å². The molecule has 96 valence electrons. The number of hydrogen-bond donors (Lipinski definition) is 1. The Labute approximate surface area is 114 Å². The van der Waals surface area contributed by atoms with Gasteiger partial charge in [-0.15, -0.1) is 0 Å². The number of allylic oxidation sites excluding steroid dienone is 1. The van der Waals surface area contributed by atoms with Gasteiger partial charge >= 0.3 is 0 Å². The Morgan fingerprint density at radius 2 is 1.68 bits per heavy atom. The number of aryl methyl sites for hydroxylation is 2. The van der Waals surface area contributed by atoms with Crippen molar-refractivity contribution in [3.63, 3.8) is 0 Å². The lowest BCUT2D eigenvalue weighted by Gasteiger charge is -2.00. The molecule has 0 saturated heterocycles. The van der Waals surface area contributed by atoms with Gasteiger partial charge in [-0.3, -0.25) is 4.99 Å². The zero-order valence-corrected chi connectivity index (χ0v) is 11.3. The largest absolute Gasteiger partial charge is 0.362 e. The fourth-order valence-electron chi connectivity index (χ4n) is 1.76. The monoisotopic (exact) mass is 250 g/mol. The smallest absolute Gasteiger partial charge is 0.0632 e. The molecule has 19 heavy (non-hydrogen) atoms. The quantitative estimate of drug-likeness (QED) is 0.786. The molecule has 2 aromatic carbocycles. The average molecular weight is 250 g/mol. The van der Waals surface area contributed by atoms with E-state index < -0.39 is 0 Å². The van der Waals surface area contributed by atoms with Crippen LogP contribution in [0.2, 0.25) is 0 Å². The van der Waals surface area contributed by atoms with Crippen LogP contribution in [0.4, 0.5) is 11.4 Å². The van der Waals surface area contributed by atoms with Gasteiger partial charge in [0.05, 0.1) is 5.69 Å². The summed E-state index contributed by atoms with van der Waals surface area (Å²) < 4.78 is 0. The lowest BCUT2D eigenvalue weighted by molar-refractivity contribution is 1.43. The van der Waals surface area contributed by atoms with Crippen molar-refractivity contribution in [2.24, 2.45) is 4.99 Å². The lowest BCUT2D eigenvalue weighted by atomic mass is 10.2. The minimum absolute atomic E-state index is 0.972. The third-order valence-electron chi connectivity index (χ3n) is 2.68. The molecular formula is C17H18N2. The molecule has 0 radical (unpaired) electrons. The summed E-state index contributed by atoms with van der Waals surface area (Å²) in [5.74, 6) is 0. The summed E-state index contributed by atoms with van der Waals surface area (Å²) in [6.07, 6.45) is 5.57. The van der Waals surface area contributed by atoms with E-state index in [1.807, 2.05) is 36.5 Å². The number of anilines is 1. The molecule has 2 rings (SSSR count). The molecule has 0 aliphatic carbocycles. The summed E-state index contributed by atoms with van der Waals surface area (Å²) in [6, 6.07) is 16.4. The zero-order valence-electron chi connectivity index (χ0n) is 11.3. The molecule has 0 unspecified atom stereocenters. The number of hydrogen-bond acceptors (Lipinski definition) is 2. The van der Waals surface area contributed by atoms with Crippen molar-refractivity contribution in [3.05, 3.63) is 71.9 Å². The van der Waals surface area contributed by atoms with Crippen molar-refractivity contribution in [1.29, 1.82) is 0 Å². The first-order valence-corrected chi connectivity index (χ1v) is 6.33. The van der Waals surface area contributed by atoms with E-state index in [9.17, 15) is 0 Å². The topological polar surface area (TPSA) is 24.4 Å². The molecule has 0 spiro atoms. The number of benzene rings is 2. The van der Waals surface area contributed by atoms with Crippen LogP contribution >= 0.6 is 0 Å². The third kappa shape index (κ3) is 4.43. The van der Waals surface area contributed by atoms with Crippen LogP contribution in [0, 0.1) is 13.8 Å². The predicted molar refractivity (Wildman–Crippen MR) is 83.3 cm³/mol. The Bertz CT molecular complexity index is 598. The van der Waals surface area contributed by atoms with Gasteiger partial charge in [-0.25, -0.2) is 0 Å². The highest BCUT2D eigenvalue weighted by Gasteiger charge is 1.88. The fourth-order valence-corrected chi connectivity index (χ4v) is 1.76. The molecule has 0 saturated carbocycles. The molecule has 0 aromatic heterocycles. The zero-order chi connectivity index (χ0) is 13.5. The summed E-state index contributed by atoms with van der Waals surface area (Å²) >= 11 is 0. The van der Waals surface area contributed by atoms with Crippen LogP contribution in [-0.4, -0.2) is 6.21 Å².